The Balaban J connectivity index is 1.89. The molecular weight excluding hydrogens is 352 g/mol. The molecule has 0 saturated heterocycles. The Labute approximate surface area is 143 Å². The number of carbonyl (C=O) groups is 1. The lowest BCUT2D eigenvalue weighted by molar-refractivity contribution is 0.0936. The zero-order valence-electron chi connectivity index (χ0n) is 13.1. The molecule has 0 unspecified atom stereocenters. The average Bonchev–Trinajstić information content (AvgIpc) is 3.14. The van der Waals surface area contributed by atoms with Crippen LogP contribution in [-0.2, 0) is 9.84 Å². The molecule has 0 spiro atoms. The van der Waals surface area contributed by atoms with Gasteiger partial charge in [0.05, 0.1) is 22.5 Å². The highest BCUT2D eigenvalue weighted by Gasteiger charge is 2.38. The second kappa shape index (κ2) is 5.99. The number of thiazole rings is 1. The van der Waals surface area contributed by atoms with Gasteiger partial charge >= 0.3 is 0 Å². The van der Waals surface area contributed by atoms with E-state index >= 15 is 0 Å². The lowest BCUT2D eigenvalue weighted by Crippen LogP contribution is -2.36. The molecule has 23 heavy (non-hydrogen) atoms. The van der Waals surface area contributed by atoms with Crippen molar-refractivity contribution in [1.29, 1.82) is 0 Å². The minimum absolute atomic E-state index is 0.171. The minimum Gasteiger partial charge on any atom is -0.344 e. The first-order valence-corrected chi connectivity index (χ1v) is 10.7. The van der Waals surface area contributed by atoms with Crippen LogP contribution in [0.1, 0.15) is 60.1 Å². The quantitative estimate of drug-likeness (QED) is 0.899. The van der Waals surface area contributed by atoms with Crippen molar-refractivity contribution in [2.24, 2.45) is 0 Å². The van der Waals surface area contributed by atoms with E-state index in [-0.39, 0.29) is 17.9 Å². The van der Waals surface area contributed by atoms with Gasteiger partial charge in [0, 0.05) is 5.56 Å². The molecule has 0 fully saturated rings. The molecule has 124 valence electrons. The van der Waals surface area contributed by atoms with Crippen molar-refractivity contribution in [2.45, 2.75) is 48.6 Å². The van der Waals surface area contributed by atoms with Gasteiger partial charge in [-0.2, -0.15) is 0 Å². The van der Waals surface area contributed by atoms with E-state index in [1.807, 2.05) is 13.8 Å². The number of thiophene rings is 1. The van der Waals surface area contributed by atoms with Crippen LogP contribution in [0, 0.1) is 0 Å². The largest absolute Gasteiger partial charge is 0.344 e. The normalized spacial score (nSPS) is 22.8. The van der Waals surface area contributed by atoms with Crippen molar-refractivity contribution in [2.75, 3.05) is 0 Å². The average molecular weight is 371 g/mol. The summed E-state index contributed by atoms with van der Waals surface area (Å²) in [4.78, 5) is 17.5. The van der Waals surface area contributed by atoms with Crippen molar-refractivity contribution < 1.29 is 13.2 Å². The molecule has 1 amide bonds. The van der Waals surface area contributed by atoms with Crippen LogP contribution >= 0.6 is 22.7 Å². The molecule has 0 aliphatic carbocycles. The van der Waals surface area contributed by atoms with Crippen molar-refractivity contribution in [3.8, 4) is 0 Å². The molecule has 0 saturated carbocycles. The number of rotatable bonds is 3. The van der Waals surface area contributed by atoms with Gasteiger partial charge in [0.25, 0.3) is 5.91 Å². The van der Waals surface area contributed by atoms with E-state index in [0.29, 0.717) is 21.1 Å². The van der Waals surface area contributed by atoms with E-state index in [2.05, 4.69) is 10.3 Å². The number of hydrogen-bond acceptors (Lipinski definition) is 6. The summed E-state index contributed by atoms with van der Waals surface area (Å²) in [5, 5.41) is 4.27. The first kappa shape index (κ1) is 16.6. The van der Waals surface area contributed by atoms with Gasteiger partial charge in [-0.05, 0) is 30.7 Å². The van der Waals surface area contributed by atoms with Gasteiger partial charge in [-0.15, -0.1) is 22.7 Å². The fourth-order valence-electron chi connectivity index (χ4n) is 2.76. The Morgan fingerprint density at radius 1 is 1.39 bits per heavy atom. The maximum absolute atomic E-state index is 12.6. The van der Waals surface area contributed by atoms with E-state index < -0.39 is 15.1 Å². The highest BCUT2D eigenvalue weighted by molar-refractivity contribution is 7.94. The van der Waals surface area contributed by atoms with Crippen LogP contribution in [0.25, 0.3) is 0 Å². The van der Waals surface area contributed by atoms with E-state index in [0.717, 1.165) is 5.69 Å². The predicted octanol–water partition coefficient (Wildman–Crippen LogP) is 3.37. The van der Waals surface area contributed by atoms with E-state index in [9.17, 15) is 13.2 Å². The first-order valence-electron chi connectivity index (χ1n) is 7.38. The fraction of sp³-hybridized carbons (Fsp3) is 0.467. The standard InChI is InChI=1S/C15H18N2O3S3/c1-8(2)12-13(22-7-16-12)14(18)17-11-6-9(3)23(19,20)15-10(11)4-5-21-15/h4-5,7-9,11H,6H2,1-3H3,(H,17,18)/t9-,11-/m0/s1. The van der Waals surface area contributed by atoms with E-state index in [1.165, 1.54) is 22.7 Å². The molecular formula is C15H18N2O3S3. The number of carbonyl (C=O) groups excluding carboxylic acids is 1. The Morgan fingerprint density at radius 2 is 2.13 bits per heavy atom. The Kier molecular flexibility index (Phi) is 4.33. The number of hydrogen-bond donors (Lipinski definition) is 1. The zero-order chi connectivity index (χ0) is 16.8. The Hall–Kier alpha value is -1.25. The lowest BCUT2D eigenvalue weighted by Gasteiger charge is -2.28. The molecule has 3 heterocycles. The van der Waals surface area contributed by atoms with Gasteiger partial charge in [-0.3, -0.25) is 4.79 Å². The number of nitrogens with zero attached hydrogens (tertiary/aromatic N) is 1. The number of nitrogens with one attached hydrogen (secondary N) is 1. The summed E-state index contributed by atoms with van der Waals surface area (Å²) in [5.41, 5.74) is 3.17. The molecule has 0 bridgehead atoms. The van der Waals surface area contributed by atoms with Gasteiger partial charge in [0.1, 0.15) is 9.09 Å². The monoisotopic (exact) mass is 370 g/mol. The maximum Gasteiger partial charge on any atom is 0.263 e. The molecule has 2 aromatic heterocycles. The Bertz CT molecular complexity index is 836. The molecule has 1 N–H and O–H groups in total. The van der Waals surface area contributed by atoms with Crippen molar-refractivity contribution in [3.63, 3.8) is 0 Å². The lowest BCUT2D eigenvalue weighted by atomic mass is 10.0. The zero-order valence-corrected chi connectivity index (χ0v) is 15.5. The fourth-order valence-corrected chi connectivity index (χ4v) is 6.84. The molecule has 0 aromatic carbocycles. The van der Waals surface area contributed by atoms with E-state index in [4.69, 9.17) is 0 Å². The van der Waals surface area contributed by atoms with Crippen molar-refractivity contribution >= 4 is 38.4 Å². The summed E-state index contributed by atoms with van der Waals surface area (Å²) in [6.45, 7) is 5.69. The van der Waals surface area contributed by atoms with Gasteiger partial charge in [-0.25, -0.2) is 13.4 Å². The molecule has 1 aliphatic rings. The van der Waals surface area contributed by atoms with Crippen LogP contribution in [0.4, 0.5) is 0 Å². The molecule has 2 aromatic rings. The minimum atomic E-state index is -3.26. The summed E-state index contributed by atoms with van der Waals surface area (Å²) in [5.74, 6) is -0.00536. The van der Waals surface area contributed by atoms with Crippen LogP contribution in [0.3, 0.4) is 0 Å². The van der Waals surface area contributed by atoms with Gasteiger partial charge in [0.2, 0.25) is 0 Å². The van der Waals surface area contributed by atoms with Gasteiger partial charge in [0.15, 0.2) is 9.84 Å². The summed E-state index contributed by atoms with van der Waals surface area (Å²) in [6, 6.07) is 1.52. The third-order valence-electron chi connectivity index (χ3n) is 4.04. The molecule has 3 rings (SSSR count). The van der Waals surface area contributed by atoms with Gasteiger partial charge in [-0.1, -0.05) is 13.8 Å². The van der Waals surface area contributed by atoms with Crippen LogP contribution < -0.4 is 5.32 Å². The summed E-state index contributed by atoms with van der Waals surface area (Å²) < 4.78 is 25.1. The van der Waals surface area contributed by atoms with E-state index in [1.54, 1.807) is 23.9 Å². The molecule has 5 nitrogen and oxygen atoms in total. The summed E-state index contributed by atoms with van der Waals surface area (Å²) >= 11 is 2.54. The highest BCUT2D eigenvalue weighted by atomic mass is 32.2. The maximum atomic E-state index is 12.6. The molecule has 2 atom stereocenters. The topological polar surface area (TPSA) is 76.1 Å². The Morgan fingerprint density at radius 3 is 2.83 bits per heavy atom. The smallest absolute Gasteiger partial charge is 0.263 e. The van der Waals surface area contributed by atoms with Crippen LogP contribution in [0.15, 0.2) is 21.2 Å². The molecule has 8 heteroatoms. The summed E-state index contributed by atoms with van der Waals surface area (Å²) in [7, 11) is -3.26. The predicted molar refractivity (Wildman–Crippen MR) is 92.0 cm³/mol. The van der Waals surface area contributed by atoms with Crippen molar-refractivity contribution in [3.05, 3.63) is 33.1 Å². The summed E-state index contributed by atoms with van der Waals surface area (Å²) in [6.07, 6.45) is 0.396. The van der Waals surface area contributed by atoms with Crippen LogP contribution in [0.5, 0.6) is 0 Å². The first-order chi connectivity index (χ1) is 10.8. The highest BCUT2D eigenvalue weighted by Crippen LogP contribution is 2.39. The number of fused-ring (bicyclic) bond motifs is 1. The van der Waals surface area contributed by atoms with Crippen LogP contribution in [0.2, 0.25) is 0 Å². The number of aromatic nitrogens is 1. The van der Waals surface area contributed by atoms with Crippen LogP contribution in [-0.4, -0.2) is 24.6 Å². The number of amides is 1. The number of sulfone groups is 1. The SMILES string of the molecule is CC(C)c1ncsc1C(=O)N[C@H]1C[C@H](C)S(=O)(=O)c2sccc21. The third kappa shape index (κ3) is 2.83. The third-order valence-corrected chi connectivity index (χ3v) is 8.60. The van der Waals surface area contributed by atoms with Crippen molar-refractivity contribution in [1.82, 2.24) is 10.3 Å². The van der Waals surface area contributed by atoms with Gasteiger partial charge < -0.3 is 5.32 Å². The molecule has 1 aliphatic heterocycles. The second-order valence-corrected chi connectivity index (χ2v) is 10.3. The second-order valence-electron chi connectivity index (χ2n) is 6.00. The molecule has 0 radical (unpaired) electrons.